The highest BCUT2D eigenvalue weighted by Crippen LogP contribution is 2.36. The monoisotopic (exact) mass is 402 g/mol. The first-order chi connectivity index (χ1) is 12.8. The van der Waals surface area contributed by atoms with Crippen molar-refractivity contribution < 1.29 is 24.9 Å². The number of carbonyl (C=O) groups excluding carboxylic acids is 1. The Balaban J connectivity index is 1.61. The van der Waals surface area contributed by atoms with Gasteiger partial charge in [0.05, 0.1) is 12.1 Å². The number of nitrogens with one attached hydrogen (secondary N) is 2. The normalized spacial score (nSPS) is 40.5. The third-order valence-corrected chi connectivity index (χ3v) is 7.07. The Labute approximate surface area is 165 Å². The molecule has 3 aliphatic rings. The maximum atomic E-state index is 12.8. The largest absolute Gasteiger partial charge is 0.388 e. The maximum absolute atomic E-state index is 12.8. The van der Waals surface area contributed by atoms with Gasteiger partial charge in [-0.25, -0.2) is 0 Å². The molecule has 1 amide bonds. The molecule has 7 nitrogen and oxygen atoms in total. The highest BCUT2D eigenvalue weighted by atomic mass is 32.2. The summed E-state index contributed by atoms with van der Waals surface area (Å²) in [6.07, 6.45) is 2.23. The maximum Gasteiger partial charge on any atom is 0.237 e. The van der Waals surface area contributed by atoms with Crippen LogP contribution in [0.2, 0.25) is 0 Å². The lowest BCUT2D eigenvalue weighted by atomic mass is 9.84. The van der Waals surface area contributed by atoms with Gasteiger partial charge in [0.15, 0.2) is 0 Å². The van der Waals surface area contributed by atoms with Crippen molar-refractivity contribution in [3.8, 4) is 0 Å². The summed E-state index contributed by atoms with van der Waals surface area (Å²) < 4.78 is 5.87. The zero-order valence-corrected chi connectivity index (χ0v) is 17.2. The summed E-state index contributed by atoms with van der Waals surface area (Å²) in [5.74, 6) is 1.16. The second kappa shape index (κ2) is 8.97. The molecule has 3 fully saturated rings. The first kappa shape index (κ1) is 21.3. The molecule has 156 valence electrons. The minimum atomic E-state index is -1.30. The molecule has 0 aromatic carbocycles. The van der Waals surface area contributed by atoms with E-state index in [1.54, 1.807) is 6.26 Å². The number of carbonyl (C=O) groups is 1. The quantitative estimate of drug-likeness (QED) is 0.391. The molecule has 0 bridgehead atoms. The summed E-state index contributed by atoms with van der Waals surface area (Å²) in [6, 6.07) is -0.645. The number of hydrogen-bond donors (Lipinski definition) is 5. The highest BCUT2D eigenvalue weighted by molar-refractivity contribution is 7.99. The van der Waals surface area contributed by atoms with Crippen molar-refractivity contribution in [1.82, 2.24) is 10.6 Å². The van der Waals surface area contributed by atoms with Crippen LogP contribution in [0.5, 0.6) is 0 Å². The molecule has 8 atom stereocenters. The first-order valence-corrected chi connectivity index (χ1v) is 11.4. The lowest BCUT2D eigenvalue weighted by Crippen LogP contribution is -2.67. The first-order valence-electron chi connectivity index (χ1n) is 10.1. The predicted molar refractivity (Wildman–Crippen MR) is 104 cm³/mol. The van der Waals surface area contributed by atoms with Crippen molar-refractivity contribution in [1.29, 1.82) is 0 Å². The van der Waals surface area contributed by atoms with Crippen molar-refractivity contribution in [2.45, 2.75) is 81.5 Å². The average Bonchev–Trinajstić information content (AvgIpc) is 3.42. The molecular weight excluding hydrogens is 368 g/mol. The number of hydrogen-bond acceptors (Lipinski definition) is 7. The van der Waals surface area contributed by atoms with Gasteiger partial charge in [-0.1, -0.05) is 33.1 Å². The molecule has 2 heterocycles. The van der Waals surface area contributed by atoms with Gasteiger partial charge in [0, 0.05) is 6.54 Å². The van der Waals surface area contributed by atoms with E-state index >= 15 is 0 Å². The number of ether oxygens (including phenoxy) is 1. The fourth-order valence-corrected chi connectivity index (χ4v) is 4.76. The van der Waals surface area contributed by atoms with E-state index in [2.05, 4.69) is 10.6 Å². The van der Waals surface area contributed by atoms with Crippen LogP contribution in [0.4, 0.5) is 0 Å². The number of aliphatic hydroxyl groups is 3. The second-order valence-corrected chi connectivity index (χ2v) is 9.56. The second-order valence-electron chi connectivity index (χ2n) is 8.62. The summed E-state index contributed by atoms with van der Waals surface area (Å²) in [6.45, 7) is 4.77. The summed E-state index contributed by atoms with van der Waals surface area (Å²) in [4.78, 5) is 12.8. The van der Waals surface area contributed by atoms with E-state index in [9.17, 15) is 20.1 Å². The third kappa shape index (κ3) is 4.79. The Morgan fingerprint density at radius 2 is 1.89 bits per heavy atom. The molecule has 27 heavy (non-hydrogen) atoms. The fraction of sp³-hybridized carbons (Fsp3) is 0.947. The van der Waals surface area contributed by atoms with E-state index in [4.69, 9.17) is 4.74 Å². The van der Waals surface area contributed by atoms with E-state index < -0.39 is 35.9 Å². The Hall–Kier alpha value is -0.380. The zero-order valence-electron chi connectivity index (χ0n) is 16.4. The van der Waals surface area contributed by atoms with Crippen LogP contribution in [0.25, 0.3) is 0 Å². The van der Waals surface area contributed by atoms with Crippen molar-refractivity contribution in [3.05, 3.63) is 0 Å². The van der Waals surface area contributed by atoms with Crippen molar-refractivity contribution in [2.75, 3.05) is 12.8 Å². The van der Waals surface area contributed by atoms with Crippen molar-refractivity contribution >= 4 is 17.7 Å². The van der Waals surface area contributed by atoms with Crippen LogP contribution in [0, 0.1) is 17.8 Å². The third-order valence-electron chi connectivity index (χ3n) is 6.22. The average molecular weight is 403 g/mol. The molecule has 5 N–H and O–H groups in total. The molecule has 1 aliphatic carbocycles. The van der Waals surface area contributed by atoms with Gasteiger partial charge < -0.3 is 30.7 Å². The Morgan fingerprint density at radius 3 is 2.41 bits per heavy atom. The molecule has 3 rings (SSSR count). The molecule has 8 unspecified atom stereocenters. The molecule has 0 aromatic heterocycles. The number of thioether (sulfide) groups is 1. The molecule has 2 saturated heterocycles. The van der Waals surface area contributed by atoms with Gasteiger partial charge in [0.2, 0.25) is 5.91 Å². The zero-order chi connectivity index (χ0) is 19.7. The minimum absolute atomic E-state index is 0.00328. The van der Waals surface area contributed by atoms with E-state index in [0.717, 1.165) is 18.9 Å². The van der Waals surface area contributed by atoms with Crippen molar-refractivity contribution in [3.63, 3.8) is 0 Å². The van der Waals surface area contributed by atoms with Gasteiger partial charge in [0.25, 0.3) is 0 Å². The van der Waals surface area contributed by atoms with Gasteiger partial charge in [0.1, 0.15) is 29.9 Å². The summed E-state index contributed by atoms with van der Waals surface area (Å²) in [7, 11) is 0. The molecule has 0 spiro atoms. The predicted octanol–water partition coefficient (Wildman–Crippen LogP) is 0.0760. The standard InChI is InChI=1S/C19H34N2O5S/c1-9(2)12(17-15(23)14(22)16(24)19(26-17)27-3)21-18(25)13-11(8-20-13)7-6-10-4-5-10/h9-17,19-20,22-24H,4-8H2,1-3H3,(H,21,25). The Morgan fingerprint density at radius 1 is 1.19 bits per heavy atom. The SMILES string of the molecule is CSC1OC(C(NC(=O)C2NCC2CCC2CC2)C(C)C)C(O)C(O)C1O. The van der Waals surface area contributed by atoms with E-state index in [1.807, 2.05) is 13.8 Å². The minimum Gasteiger partial charge on any atom is -0.388 e. The summed E-state index contributed by atoms with van der Waals surface area (Å²) in [5.41, 5.74) is -0.639. The van der Waals surface area contributed by atoms with Gasteiger partial charge in [-0.15, -0.1) is 11.8 Å². The highest BCUT2D eigenvalue weighted by Gasteiger charge is 2.48. The molecule has 1 saturated carbocycles. The summed E-state index contributed by atoms with van der Waals surface area (Å²) >= 11 is 1.28. The number of rotatable bonds is 8. The molecular formula is C19H34N2O5S. The van der Waals surface area contributed by atoms with Crippen LogP contribution >= 0.6 is 11.8 Å². The van der Waals surface area contributed by atoms with Crippen LogP contribution in [0.15, 0.2) is 0 Å². The van der Waals surface area contributed by atoms with Gasteiger partial charge in [-0.2, -0.15) is 0 Å². The van der Waals surface area contributed by atoms with Gasteiger partial charge in [-0.05, 0) is 30.4 Å². The van der Waals surface area contributed by atoms with Crippen LogP contribution < -0.4 is 10.6 Å². The van der Waals surface area contributed by atoms with Gasteiger partial charge >= 0.3 is 0 Å². The molecule has 0 aromatic rings. The van der Waals surface area contributed by atoms with Gasteiger partial charge in [-0.3, -0.25) is 4.79 Å². The summed E-state index contributed by atoms with van der Waals surface area (Å²) in [5, 5.41) is 37.0. The molecule has 0 radical (unpaired) electrons. The van der Waals surface area contributed by atoms with Crippen LogP contribution in [0.1, 0.15) is 39.5 Å². The van der Waals surface area contributed by atoms with E-state index in [0.29, 0.717) is 5.92 Å². The lowest BCUT2D eigenvalue weighted by molar-refractivity contribution is -0.208. The Bertz CT molecular complexity index is 516. The molecule has 2 aliphatic heterocycles. The van der Waals surface area contributed by atoms with Crippen molar-refractivity contribution in [2.24, 2.45) is 17.8 Å². The lowest BCUT2D eigenvalue weighted by Gasteiger charge is -2.45. The van der Waals surface area contributed by atoms with Crippen LogP contribution in [0.3, 0.4) is 0 Å². The van der Waals surface area contributed by atoms with E-state index in [-0.39, 0.29) is 17.9 Å². The fourth-order valence-electron chi connectivity index (χ4n) is 4.08. The topological polar surface area (TPSA) is 111 Å². The number of amides is 1. The molecule has 8 heteroatoms. The van der Waals surface area contributed by atoms with Crippen LogP contribution in [-0.2, 0) is 9.53 Å². The van der Waals surface area contributed by atoms with Crippen LogP contribution in [-0.4, -0.2) is 76.0 Å². The van der Waals surface area contributed by atoms with E-state index in [1.165, 1.54) is 31.0 Å². The smallest absolute Gasteiger partial charge is 0.237 e. The number of aliphatic hydroxyl groups excluding tert-OH is 3. The Kier molecular flexibility index (Phi) is 7.08.